The van der Waals surface area contributed by atoms with Crippen LogP contribution in [0.4, 0.5) is 0 Å². The Balaban J connectivity index is 2.13. The molecular weight excluding hydrogens is 392 g/mol. The van der Waals surface area contributed by atoms with Crippen molar-refractivity contribution in [3.8, 4) is 0 Å². The molecule has 0 radical (unpaired) electrons. The molecule has 0 aliphatic carbocycles. The average Bonchev–Trinajstić information content (AvgIpc) is 2.99. The molecular formula is C26H20O5. The van der Waals surface area contributed by atoms with Crippen LogP contribution in [0.1, 0.15) is 22.3 Å². The van der Waals surface area contributed by atoms with E-state index in [9.17, 15) is 9.59 Å². The minimum Gasteiger partial charge on any atom is -0.465 e. The summed E-state index contributed by atoms with van der Waals surface area (Å²) in [5, 5.41) is 0. The second-order valence-corrected chi connectivity index (χ2v) is 6.77. The summed E-state index contributed by atoms with van der Waals surface area (Å²) in [7, 11) is 2.64. The van der Waals surface area contributed by atoms with Gasteiger partial charge in [-0.15, -0.1) is 0 Å². The number of methoxy groups -OCH3 is 2. The molecule has 0 saturated carbocycles. The molecule has 1 heterocycles. The summed E-state index contributed by atoms with van der Waals surface area (Å²) in [5.74, 6) is -0.523. The van der Waals surface area contributed by atoms with Crippen LogP contribution in [-0.4, -0.2) is 26.2 Å². The molecule has 4 rings (SSSR count). The molecule has 1 aliphatic heterocycles. The molecule has 0 unspecified atom stereocenters. The number of esters is 2. The maximum atomic E-state index is 13.0. The monoisotopic (exact) mass is 412 g/mol. The highest BCUT2D eigenvalue weighted by Crippen LogP contribution is 2.42. The summed E-state index contributed by atoms with van der Waals surface area (Å²) in [6.07, 6.45) is 0. The number of carbonyl (C=O) groups excluding carboxylic acids is 2. The Morgan fingerprint density at radius 3 is 1.29 bits per heavy atom. The number of fused-ring (bicyclic) bond motifs is 1. The quantitative estimate of drug-likeness (QED) is 0.576. The Labute approximate surface area is 180 Å². The lowest BCUT2D eigenvalue weighted by molar-refractivity contribution is -0.134. The molecule has 0 aromatic heterocycles. The van der Waals surface area contributed by atoms with Gasteiger partial charge in [-0.05, 0) is 0 Å². The zero-order valence-corrected chi connectivity index (χ0v) is 17.1. The molecule has 0 bridgehead atoms. The van der Waals surface area contributed by atoms with E-state index >= 15 is 0 Å². The normalized spacial score (nSPS) is 13.1. The lowest BCUT2D eigenvalue weighted by atomic mass is 9.92. The zero-order chi connectivity index (χ0) is 21.8. The summed E-state index contributed by atoms with van der Waals surface area (Å²) in [6.45, 7) is 0. The molecule has 154 valence electrons. The molecule has 5 heteroatoms. The van der Waals surface area contributed by atoms with Gasteiger partial charge in [-0.3, -0.25) is 0 Å². The van der Waals surface area contributed by atoms with Gasteiger partial charge in [0.15, 0.2) is 0 Å². The first-order chi connectivity index (χ1) is 15.2. The third-order valence-electron chi connectivity index (χ3n) is 4.97. The summed E-state index contributed by atoms with van der Waals surface area (Å²) >= 11 is 0. The number of benzene rings is 3. The molecule has 0 saturated heterocycles. The highest BCUT2D eigenvalue weighted by atomic mass is 16.5. The number of hydrogen-bond donors (Lipinski definition) is 0. The molecule has 31 heavy (non-hydrogen) atoms. The van der Waals surface area contributed by atoms with E-state index in [2.05, 4.69) is 0 Å². The van der Waals surface area contributed by atoms with E-state index < -0.39 is 11.9 Å². The van der Waals surface area contributed by atoms with E-state index in [-0.39, 0.29) is 11.1 Å². The Morgan fingerprint density at radius 2 is 0.935 bits per heavy atom. The standard InChI is InChI=1S/C26H20O5/c1-29-25(27)21-19-15-9-10-16-20(19)22(26(28)30-2)24(18-13-7-4-8-14-18)31-23(21)17-11-5-3-6-12-17/h3-16H,1-2H3. The molecule has 3 aromatic carbocycles. The second kappa shape index (κ2) is 8.71. The van der Waals surface area contributed by atoms with Crippen molar-refractivity contribution in [2.75, 3.05) is 14.2 Å². The first kappa shape index (κ1) is 20.2. The molecule has 0 spiro atoms. The van der Waals surface area contributed by atoms with E-state index in [0.717, 1.165) is 0 Å². The van der Waals surface area contributed by atoms with Crippen molar-refractivity contribution in [3.63, 3.8) is 0 Å². The van der Waals surface area contributed by atoms with Gasteiger partial charge in [0.1, 0.15) is 22.7 Å². The fourth-order valence-electron chi connectivity index (χ4n) is 3.56. The van der Waals surface area contributed by atoms with Crippen molar-refractivity contribution in [2.45, 2.75) is 0 Å². The smallest absolute Gasteiger partial charge is 0.342 e. The predicted molar refractivity (Wildman–Crippen MR) is 118 cm³/mol. The summed E-state index contributed by atoms with van der Waals surface area (Å²) in [5.41, 5.74) is 2.88. The molecule has 0 N–H and O–H groups in total. The van der Waals surface area contributed by atoms with Gasteiger partial charge in [0.2, 0.25) is 0 Å². The van der Waals surface area contributed by atoms with Crippen molar-refractivity contribution in [1.82, 2.24) is 0 Å². The maximum Gasteiger partial charge on any atom is 0.342 e. The molecule has 0 atom stereocenters. The Hall–Kier alpha value is -4.12. The Morgan fingerprint density at radius 1 is 0.581 bits per heavy atom. The number of hydrogen-bond acceptors (Lipinski definition) is 5. The first-order valence-electron chi connectivity index (χ1n) is 9.69. The van der Waals surface area contributed by atoms with Gasteiger partial charge in [-0.25, -0.2) is 9.59 Å². The van der Waals surface area contributed by atoms with Crippen LogP contribution in [0.5, 0.6) is 0 Å². The average molecular weight is 412 g/mol. The van der Waals surface area contributed by atoms with Gasteiger partial charge in [-0.2, -0.15) is 0 Å². The fourth-order valence-corrected chi connectivity index (χ4v) is 3.56. The van der Waals surface area contributed by atoms with Gasteiger partial charge in [0, 0.05) is 22.3 Å². The molecule has 5 nitrogen and oxygen atoms in total. The molecule has 3 aromatic rings. The third kappa shape index (κ3) is 3.73. The van der Waals surface area contributed by atoms with Gasteiger partial charge in [0.25, 0.3) is 0 Å². The van der Waals surface area contributed by atoms with Crippen LogP contribution in [0.3, 0.4) is 0 Å². The van der Waals surface area contributed by atoms with Crippen molar-refractivity contribution in [3.05, 3.63) is 107 Å². The van der Waals surface area contributed by atoms with Crippen LogP contribution < -0.4 is 0 Å². The second-order valence-electron chi connectivity index (χ2n) is 6.77. The van der Waals surface area contributed by atoms with Crippen LogP contribution in [0.25, 0.3) is 22.7 Å². The minimum atomic E-state index is -0.565. The van der Waals surface area contributed by atoms with Crippen LogP contribution in [-0.2, 0) is 23.8 Å². The number of carbonyl (C=O) groups is 2. The third-order valence-corrected chi connectivity index (χ3v) is 4.97. The van der Waals surface area contributed by atoms with Gasteiger partial charge in [-0.1, -0.05) is 84.9 Å². The van der Waals surface area contributed by atoms with E-state index in [0.29, 0.717) is 33.8 Å². The van der Waals surface area contributed by atoms with Crippen LogP contribution in [0.15, 0.2) is 84.9 Å². The van der Waals surface area contributed by atoms with E-state index in [4.69, 9.17) is 14.2 Å². The van der Waals surface area contributed by atoms with Crippen LogP contribution in [0, 0.1) is 0 Å². The fraction of sp³-hybridized carbons (Fsp3) is 0.0769. The highest BCUT2D eigenvalue weighted by molar-refractivity contribution is 6.31. The van der Waals surface area contributed by atoms with Gasteiger partial charge in [0.05, 0.1) is 14.2 Å². The Bertz CT molecular complexity index is 1100. The molecule has 0 fully saturated rings. The number of ether oxygens (including phenoxy) is 3. The zero-order valence-electron chi connectivity index (χ0n) is 17.1. The lowest BCUT2D eigenvalue weighted by Crippen LogP contribution is -2.10. The maximum absolute atomic E-state index is 13.0. The highest BCUT2D eigenvalue weighted by Gasteiger charge is 2.33. The van der Waals surface area contributed by atoms with E-state index in [1.807, 2.05) is 60.7 Å². The van der Waals surface area contributed by atoms with E-state index in [1.165, 1.54) is 14.2 Å². The van der Waals surface area contributed by atoms with Crippen molar-refractivity contribution in [1.29, 1.82) is 0 Å². The Kier molecular flexibility index (Phi) is 5.67. The molecule has 0 amide bonds. The first-order valence-corrected chi connectivity index (χ1v) is 9.69. The van der Waals surface area contributed by atoms with Crippen molar-refractivity contribution < 1.29 is 23.8 Å². The van der Waals surface area contributed by atoms with Gasteiger partial charge < -0.3 is 14.2 Å². The summed E-state index contributed by atoms with van der Waals surface area (Å²) in [6, 6.07) is 25.7. The van der Waals surface area contributed by atoms with Gasteiger partial charge >= 0.3 is 11.9 Å². The van der Waals surface area contributed by atoms with Crippen LogP contribution in [0.2, 0.25) is 0 Å². The van der Waals surface area contributed by atoms with Crippen molar-refractivity contribution >= 4 is 34.6 Å². The number of rotatable bonds is 4. The minimum absolute atomic E-state index is 0.233. The summed E-state index contributed by atoms with van der Waals surface area (Å²) in [4.78, 5) is 25.9. The lowest BCUT2D eigenvalue weighted by Gasteiger charge is -2.16. The SMILES string of the molecule is COC(=O)C1=C(c2ccccc2)OC(c2ccccc2)=C(C(=O)OC)c2ccccc21. The molecule has 1 aliphatic rings. The van der Waals surface area contributed by atoms with E-state index in [1.54, 1.807) is 24.3 Å². The largest absolute Gasteiger partial charge is 0.465 e. The van der Waals surface area contributed by atoms with Crippen LogP contribution >= 0.6 is 0 Å². The topological polar surface area (TPSA) is 61.8 Å². The predicted octanol–water partition coefficient (Wildman–Crippen LogP) is 4.80. The summed E-state index contributed by atoms with van der Waals surface area (Å²) < 4.78 is 16.6. The van der Waals surface area contributed by atoms with Crippen molar-refractivity contribution in [2.24, 2.45) is 0 Å².